The summed E-state index contributed by atoms with van der Waals surface area (Å²) >= 11 is 0. The molecule has 0 saturated carbocycles. The lowest BCUT2D eigenvalue weighted by molar-refractivity contribution is 0.509. The van der Waals surface area contributed by atoms with Crippen molar-refractivity contribution in [3.8, 4) is 0 Å². The fourth-order valence-electron chi connectivity index (χ4n) is 6.74. The van der Waals surface area contributed by atoms with Crippen molar-refractivity contribution in [2.45, 2.75) is 40.0 Å². The van der Waals surface area contributed by atoms with Crippen LogP contribution in [0.1, 0.15) is 22.8 Å². The van der Waals surface area contributed by atoms with E-state index in [0.717, 1.165) is 47.0 Å². The van der Waals surface area contributed by atoms with Crippen molar-refractivity contribution in [3.63, 3.8) is 0 Å². The van der Waals surface area contributed by atoms with Crippen LogP contribution in [-0.4, -0.2) is 32.3 Å². The highest BCUT2D eigenvalue weighted by atomic mass is 19.2. The molecule has 2 aromatic carbocycles. The van der Waals surface area contributed by atoms with E-state index >= 15 is 17.6 Å². The average Bonchev–Trinajstić information content (AvgIpc) is 3.58. The lowest BCUT2D eigenvalue weighted by Crippen LogP contribution is -2.58. The first-order valence-corrected chi connectivity index (χ1v) is 15.9. The minimum Gasteiger partial charge on any atom is -0.313 e. The van der Waals surface area contributed by atoms with Gasteiger partial charge in [0.15, 0.2) is 35.6 Å². The summed E-state index contributed by atoms with van der Waals surface area (Å²) in [5, 5.41) is 0. The van der Waals surface area contributed by atoms with Gasteiger partial charge in [-0.1, -0.05) is 0 Å². The highest BCUT2D eigenvalue weighted by Crippen LogP contribution is 2.56. The van der Waals surface area contributed by atoms with Crippen molar-refractivity contribution in [1.29, 1.82) is 0 Å². The van der Waals surface area contributed by atoms with Crippen LogP contribution in [0, 0.1) is 51.0 Å². The number of aromatic nitrogens is 4. The molecule has 0 spiro atoms. The molecule has 6 heterocycles. The van der Waals surface area contributed by atoms with E-state index in [9.17, 15) is 0 Å². The summed E-state index contributed by atoms with van der Waals surface area (Å²) in [5.41, 5.74) is 6.77. The molecule has 0 amide bonds. The van der Waals surface area contributed by atoms with Crippen LogP contribution in [0.5, 0.6) is 0 Å². The summed E-state index contributed by atoms with van der Waals surface area (Å²) < 4.78 is 61.2. The molecule has 0 unspecified atom stereocenters. The average molecular weight is 675 g/mol. The predicted molar refractivity (Wildman–Crippen MR) is 185 cm³/mol. The number of hydrogen-bond acceptors (Lipinski definition) is 8. The monoisotopic (exact) mass is 674 g/mol. The van der Waals surface area contributed by atoms with E-state index in [1.807, 2.05) is 95.8 Å². The maximum atomic E-state index is 15.3. The van der Waals surface area contributed by atoms with Gasteiger partial charge in [-0.2, -0.15) is 0 Å². The van der Waals surface area contributed by atoms with Gasteiger partial charge in [0.1, 0.15) is 0 Å². The number of anilines is 8. The van der Waals surface area contributed by atoms with Crippen molar-refractivity contribution in [1.82, 2.24) is 19.9 Å². The van der Waals surface area contributed by atoms with E-state index < -0.39 is 35.6 Å². The van der Waals surface area contributed by atoms with Gasteiger partial charge < -0.3 is 19.6 Å². The van der Waals surface area contributed by atoms with Gasteiger partial charge in [0.05, 0.1) is 70.3 Å². The molecule has 0 saturated heterocycles. The number of rotatable bonds is 5. The van der Waals surface area contributed by atoms with Crippen LogP contribution < -0.4 is 19.6 Å². The number of benzene rings is 2. The molecule has 0 radical (unpaired) electrons. The summed E-state index contributed by atoms with van der Waals surface area (Å²) in [7, 11) is 0. The third-order valence-electron chi connectivity index (χ3n) is 9.09. The fourth-order valence-corrected chi connectivity index (χ4v) is 6.74. The third-order valence-corrected chi connectivity index (χ3v) is 9.09. The number of fused-ring (bicyclic) bond motifs is 2. The molecule has 0 atom stereocenters. The SMILES string of the molecule is Cc1ccc(N2c3cc(F)c(F)cc3N(c3ccc(C)nc3)C2C2N(c3ccc(C)nc3)c3cc(F)c(F)cc3N2c2ccc(C)nc2)cn1. The molecule has 8 nitrogen and oxygen atoms in total. The molecule has 0 bridgehead atoms. The molecule has 50 heavy (non-hydrogen) atoms. The van der Waals surface area contributed by atoms with E-state index in [0.29, 0.717) is 45.5 Å². The normalized spacial score (nSPS) is 14.5. The molecule has 12 heteroatoms. The van der Waals surface area contributed by atoms with Gasteiger partial charge in [-0.15, -0.1) is 0 Å². The summed E-state index contributed by atoms with van der Waals surface area (Å²) in [6.45, 7) is 7.42. The second-order valence-corrected chi connectivity index (χ2v) is 12.4. The Morgan fingerprint density at radius 2 is 0.600 bits per heavy atom. The van der Waals surface area contributed by atoms with Crippen molar-refractivity contribution in [3.05, 3.63) is 144 Å². The quantitative estimate of drug-likeness (QED) is 0.168. The molecule has 6 aromatic rings. The molecule has 0 N–H and O–H groups in total. The third kappa shape index (κ3) is 5.06. The Morgan fingerprint density at radius 3 is 0.780 bits per heavy atom. The molecule has 4 aromatic heterocycles. The van der Waals surface area contributed by atoms with Crippen LogP contribution >= 0.6 is 0 Å². The second-order valence-electron chi connectivity index (χ2n) is 12.4. The Bertz CT molecular complexity index is 1910. The Hall–Kier alpha value is -6.04. The first kappa shape index (κ1) is 31.2. The molecule has 250 valence electrons. The number of aryl methyl sites for hydroxylation is 4. The summed E-state index contributed by atoms with van der Waals surface area (Å²) in [6.07, 6.45) is 4.92. The molecule has 0 aliphatic carbocycles. The lowest BCUT2D eigenvalue weighted by atomic mass is 10.2. The molecular formula is C38H30F4N8. The zero-order chi connectivity index (χ0) is 34.8. The van der Waals surface area contributed by atoms with Crippen molar-refractivity contribution in [2.75, 3.05) is 19.6 Å². The van der Waals surface area contributed by atoms with E-state index in [-0.39, 0.29) is 0 Å². The van der Waals surface area contributed by atoms with Gasteiger partial charge in [0.25, 0.3) is 0 Å². The van der Waals surface area contributed by atoms with Crippen LogP contribution in [0.25, 0.3) is 0 Å². The smallest absolute Gasteiger partial charge is 0.161 e. The first-order chi connectivity index (χ1) is 24.1. The molecular weight excluding hydrogens is 644 g/mol. The summed E-state index contributed by atoms with van der Waals surface area (Å²) in [4.78, 5) is 25.7. The summed E-state index contributed by atoms with van der Waals surface area (Å²) in [6, 6.07) is 19.4. The second kappa shape index (κ2) is 11.8. The van der Waals surface area contributed by atoms with Crippen molar-refractivity contribution >= 4 is 45.5 Å². The zero-order valence-corrected chi connectivity index (χ0v) is 27.5. The van der Waals surface area contributed by atoms with Gasteiger partial charge in [-0.25, -0.2) is 17.6 Å². The molecule has 2 aliphatic rings. The highest BCUT2D eigenvalue weighted by molar-refractivity contribution is 5.94. The van der Waals surface area contributed by atoms with Crippen LogP contribution in [0.15, 0.2) is 97.6 Å². The molecule has 8 rings (SSSR count). The number of hydrogen-bond donors (Lipinski definition) is 0. The Kier molecular flexibility index (Phi) is 7.39. The Morgan fingerprint density at radius 1 is 0.380 bits per heavy atom. The van der Waals surface area contributed by atoms with Crippen LogP contribution in [0.2, 0.25) is 0 Å². The van der Waals surface area contributed by atoms with E-state index in [1.165, 1.54) is 0 Å². The summed E-state index contributed by atoms with van der Waals surface area (Å²) in [5.74, 6) is -4.13. The standard InChI is InChI=1S/C38H30F4N8/c1-21-5-9-25(17-43-21)47-33-13-29(39)30(40)14-34(33)48(26-10-6-22(2)44-18-26)37(47)38-49(27-11-7-23(3)45-19-27)35-15-31(41)32(42)16-36(35)50(38)28-12-8-24(4)46-20-28/h5-20,37-38H,1-4H3. The predicted octanol–water partition coefficient (Wildman–Crippen LogP) is 8.99. The van der Waals surface area contributed by atoms with Gasteiger partial charge in [0.2, 0.25) is 0 Å². The van der Waals surface area contributed by atoms with E-state index in [1.54, 1.807) is 24.8 Å². The topological polar surface area (TPSA) is 64.5 Å². The maximum Gasteiger partial charge on any atom is 0.161 e. The number of halogens is 4. The van der Waals surface area contributed by atoms with Gasteiger partial charge in [-0.3, -0.25) is 19.9 Å². The minimum absolute atomic E-state index is 0.359. The largest absolute Gasteiger partial charge is 0.313 e. The van der Waals surface area contributed by atoms with Gasteiger partial charge >= 0.3 is 0 Å². The van der Waals surface area contributed by atoms with Crippen molar-refractivity contribution < 1.29 is 17.6 Å². The van der Waals surface area contributed by atoms with Gasteiger partial charge in [0, 0.05) is 47.0 Å². The molecule has 2 aliphatic heterocycles. The number of nitrogens with zero attached hydrogens (tertiary/aromatic N) is 8. The van der Waals surface area contributed by atoms with E-state index in [2.05, 4.69) is 19.9 Å². The number of pyridine rings is 4. The Labute approximate surface area is 285 Å². The Balaban J connectivity index is 1.48. The van der Waals surface area contributed by atoms with Crippen molar-refractivity contribution in [2.24, 2.45) is 0 Å². The highest BCUT2D eigenvalue weighted by Gasteiger charge is 2.52. The molecule has 0 fully saturated rings. The van der Waals surface area contributed by atoms with E-state index in [4.69, 9.17) is 0 Å². The first-order valence-electron chi connectivity index (χ1n) is 15.9. The van der Waals surface area contributed by atoms with Gasteiger partial charge in [-0.05, 0) is 76.2 Å². The minimum atomic E-state index is -1.03. The fraction of sp³-hybridized carbons (Fsp3) is 0.158. The van der Waals surface area contributed by atoms with Crippen LogP contribution in [-0.2, 0) is 0 Å². The lowest BCUT2D eigenvalue weighted by Gasteiger charge is -2.44. The van der Waals surface area contributed by atoms with Crippen LogP contribution in [0.4, 0.5) is 63.1 Å². The maximum absolute atomic E-state index is 15.3. The van der Waals surface area contributed by atoms with Crippen LogP contribution in [0.3, 0.4) is 0 Å². The zero-order valence-electron chi connectivity index (χ0n) is 27.5.